The molecule has 5 atom stereocenters. The van der Waals surface area contributed by atoms with Gasteiger partial charge in [-0.3, -0.25) is 9.69 Å². The molecule has 0 aromatic carbocycles. The van der Waals surface area contributed by atoms with Crippen LogP contribution >= 0.6 is 23.2 Å². The standard InChI is InChI=1S/C23H33Cl2N3O3/c1-15-16(8-9-17(24)21(15)25)14-20(29)28-13-12-27(23(30)31-2)19-7-5-6-18(22(19)28)26-10-3-4-11-26/h8-9,15-16,18-19,22H,3-7,10-14H2,1-2H3. The van der Waals surface area contributed by atoms with E-state index >= 15 is 0 Å². The zero-order valence-corrected chi connectivity index (χ0v) is 19.9. The first-order valence-corrected chi connectivity index (χ1v) is 12.3. The van der Waals surface area contributed by atoms with E-state index in [-0.39, 0.29) is 35.9 Å². The van der Waals surface area contributed by atoms with Gasteiger partial charge >= 0.3 is 6.09 Å². The molecule has 1 saturated carbocycles. The first kappa shape index (κ1) is 22.9. The average molecular weight is 470 g/mol. The molecule has 4 aliphatic rings. The van der Waals surface area contributed by atoms with Crippen molar-refractivity contribution in [1.82, 2.24) is 14.7 Å². The molecule has 2 aliphatic heterocycles. The molecular weight excluding hydrogens is 437 g/mol. The maximum Gasteiger partial charge on any atom is 0.409 e. The second-order valence-electron chi connectivity index (χ2n) is 9.26. The van der Waals surface area contributed by atoms with Crippen molar-refractivity contribution in [2.24, 2.45) is 11.8 Å². The second kappa shape index (κ2) is 9.72. The normalized spacial score (nSPS) is 34.1. The Kier molecular flexibility index (Phi) is 7.19. The van der Waals surface area contributed by atoms with E-state index in [4.69, 9.17) is 27.9 Å². The van der Waals surface area contributed by atoms with Crippen LogP contribution in [0.3, 0.4) is 0 Å². The fourth-order valence-corrected chi connectivity index (χ4v) is 6.42. The molecule has 0 bridgehead atoms. The van der Waals surface area contributed by atoms with E-state index in [1.165, 1.54) is 20.0 Å². The third kappa shape index (κ3) is 4.49. The molecule has 8 heteroatoms. The summed E-state index contributed by atoms with van der Waals surface area (Å²) in [6, 6.07) is 0.335. The van der Waals surface area contributed by atoms with Gasteiger partial charge in [0.2, 0.25) is 5.91 Å². The van der Waals surface area contributed by atoms with Gasteiger partial charge in [-0.1, -0.05) is 36.2 Å². The predicted octanol–water partition coefficient (Wildman–Crippen LogP) is 4.18. The maximum absolute atomic E-state index is 13.6. The molecule has 6 nitrogen and oxygen atoms in total. The molecule has 5 unspecified atom stereocenters. The van der Waals surface area contributed by atoms with Gasteiger partial charge in [-0.15, -0.1) is 0 Å². The van der Waals surface area contributed by atoms with Gasteiger partial charge in [-0.25, -0.2) is 4.79 Å². The molecule has 0 aromatic heterocycles. The summed E-state index contributed by atoms with van der Waals surface area (Å²) in [5.41, 5.74) is 0. The Hall–Kier alpha value is -1.24. The van der Waals surface area contributed by atoms with Gasteiger partial charge in [0.05, 0.1) is 24.2 Å². The average Bonchev–Trinajstić information content (AvgIpc) is 3.32. The van der Waals surface area contributed by atoms with Crippen molar-refractivity contribution in [3.63, 3.8) is 0 Å². The number of methoxy groups -OCH3 is 1. The second-order valence-corrected chi connectivity index (χ2v) is 10.1. The van der Waals surface area contributed by atoms with Gasteiger partial charge in [-0.2, -0.15) is 0 Å². The van der Waals surface area contributed by atoms with Crippen LogP contribution in [0.5, 0.6) is 0 Å². The summed E-state index contributed by atoms with van der Waals surface area (Å²) in [6.45, 7) is 5.26. The summed E-state index contributed by atoms with van der Waals surface area (Å²) in [4.78, 5) is 32.6. The molecule has 2 aliphatic carbocycles. The molecule has 31 heavy (non-hydrogen) atoms. The quantitative estimate of drug-likeness (QED) is 0.621. The highest BCUT2D eigenvalue weighted by atomic mass is 35.5. The Morgan fingerprint density at radius 2 is 1.71 bits per heavy atom. The van der Waals surface area contributed by atoms with Crippen LogP contribution in [0, 0.1) is 11.8 Å². The summed E-state index contributed by atoms with van der Waals surface area (Å²) < 4.78 is 5.08. The van der Waals surface area contributed by atoms with Crippen molar-refractivity contribution >= 4 is 35.2 Å². The lowest BCUT2D eigenvalue weighted by Gasteiger charge is -2.54. The Morgan fingerprint density at radius 1 is 1.03 bits per heavy atom. The molecule has 0 N–H and O–H groups in total. The maximum atomic E-state index is 13.6. The number of carbonyl (C=O) groups excluding carboxylic acids is 2. The summed E-state index contributed by atoms with van der Waals surface area (Å²) in [5, 5.41) is 1.19. The largest absolute Gasteiger partial charge is 0.453 e. The SMILES string of the molecule is COC(=O)N1CCN(C(=O)CC2C=CC(Cl)=C(Cl)C2C)C2C(N3CCCC3)CCCC21. The molecule has 0 aromatic rings. The number of rotatable bonds is 3. The van der Waals surface area contributed by atoms with E-state index in [0.29, 0.717) is 35.6 Å². The van der Waals surface area contributed by atoms with E-state index in [2.05, 4.69) is 9.80 Å². The number of hydrogen-bond donors (Lipinski definition) is 0. The van der Waals surface area contributed by atoms with E-state index in [0.717, 1.165) is 32.4 Å². The summed E-state index contributed by atoms with van der Waals surface area (Å²) in [5.74, 6) is 0.207. The Morgan fingerprint density at radius 3 is 2.42 bits per heavy atom. The number of amides is 2. The minimum Gasteiger partial charge on any atom is -0.453 e. The highest BCUT2D eigenvalue weighted by molar-refractivity contribution is 6.40. The smallest absolute Gasteiger partial charge is 0.409 e. The number of ether oxygens (including phenoxy) is 1. The molecule has 0 spiro atoms. The van der Waals surface area contributed by atoms with Crippen LogP contribution in [0.4, 0.5) is 4.79 Å². The van der Waals surface area contributed by atoms with Crippen LogP contribution in [-0.4, -0.2) is 78.1 Å². The van der Waals surface area contributed by atoms with Crippen molar-refractivity contribution in [3.8, 4) is 0 Å². The van der Waals surface area contributed by atoms with E-state index in [1.54, 1.807) is 0 Å². The number of nitrogens with zero attached hydrogens (tertiary/aromatic N) is 3. The first-order valence-electron chi connectivity index (χ1n) is 11.5. The minimum absolute atomic E-state index is 0.0155. The Labute approximate surface area is 195 Å². The number of allylic oxidation sites excluding steroid dienone is 4. The molecule has 2 heterocycles. The number of likely N-dealkylation sites (tertiary alicyclic amines) is 1. The third-order valence-corrected chi connectivity index (χ3v) is 8.61. The molecule has 0 radical (unpaired) electrons. The molecule has 3 fully saturated rings. The monoisotopic (exact) mass is 469 g/mol. The van der Waals surface area contributed by atoms with Crippen molar-refractivity contribution in [3.05, 3.63) is 22.2 Å². The summed E-state index contributed by atoms with van der Waals surface area (Å²) in [7, 11) is 1.44. The lowest BCUT2D eigenvalue weighted by atomic mass is 9.80. The Balaban J connectivity index is 1.56. The number of carbonyl (C=O) groups is 2. The van der Waals surface area contributed by atoms with E-state index in [9.17, 15) is 9.59 Å². The van der Waals surface area contributed by atoms with Crippen LogP contribution < -0.4 is 0 Å². The predicted molar refractivity (Wildman–Crippen MR) is 122 cm³/mol. The van der Waals surface area contributed by atoms with E-state index in [1.807, 2.05) is 24.0 Å². The third-order valence-electron chi connectivity index (χ3n) is 7.64. The zero-order valence-electron chi connectivity index (χ0n) is 18.4. The molecule has 2 amide bonds. The zero-order chi connectivity index (χ0) is 22.1. The van der Waals surface area contributed by atoms with Gasteiger partial charge in [0.1, 0.15) is 0 Å². The van der Waals surface area contributed by atoms with Gasteiger partial charge < -0.3 is 14.5 Å². The molecule has 2 saturated heterocycles. The summed E-state index contributed by atoms with van der Waals surface area (Å²) in [6.07, 6.45) is 9.43. The van der Waals surface area contributed by atoms with Gasteiger partial charge in [0, 0.05) is 36.5 Å². The lowest BCUT2D eigenvalue weighted by molar-refractivity contribution is -0.143. The summed E-state index contributed by atoms with van der Waals surface area (Å²) >= 11 is 12.5. The fraction of sp³-hybridized carbons (Fsp3) is 0.739. The number of halogens is 2. The number of fused-ring (bicyclic) bond motifs is 1. The molecule has 172 valence electrons. The highest BCUT2D eigenvalue weighted by Gasteiger charge is 2.49. The van der Waals surface area contributed by atoms with Gasteiger partial charge in [0.25, 0.3) is 0 Å². The number of piperazine rings is 1. The Bertz CT molecular complexity index is 765. The van der Waals surface area contributed by atoms with Gasteiger partial charge in [-0.05, 0) is 57.2 Å². The van der Waals surface area contributed by atoms with Crippen molar-refractivity contribution < 1.29 is 14.3 Å². The highest BCUT2D eigenvalue weighted by Crippen LogP contribution is 2.38. The molecule has 4 rings (SSSR count). The topological polar surface area (TPSA) is 53.1 Å². The van der Waals surface area contributed by atoms with Crippen LogP contribution in [0.2, 0.25) is 0 Å². The van der Waals surface area contributed by atoms with E-state index < -0.39 is 0 Å². The fourth-order valence-electron chi connectivity index (χ4n) is 5.95. The van der Waals surface area contributed by atoms with Crippen LogP contribution in [0.25, 0.3) is 0 Å². The van der Waals surface area contributed by atoms with Crippen molar-refractivity contribution in [2.75, 3.05) is 33.3 Å². The lowest BCUT2D eigenvalue weighted by Crippen LogP contribution is -2.69. The minimum atomic E-state index is -0.278. The van der Waals surface area contributed by atoms with Crippen molar-refractivity contribution in [1.29, 1.82) is 0 Å². The van der Waals surface area contributed by atoms with Crippen molar-refractivity contribution in [2.45, 2.75) is 63.6 Å². The molecular formula is C23H33Cl2N3O3. The first-order chi connectivity index (χ1) is 14.9. The van der Waals surface area contributed by atoms with Crippen LogP contribution in [-0.2, 0) is 9.53 Å². The van der Waals surface area contributed by atoms with Crippen LogP contribution in [0.1, 0.15) is 45.4 Å². The van der Waals surface area contributed by atoms with Crippen LogP contribution in [0.15, 0.2) is 22.2 Å². The number of hydrogen-bond acceptors (Lipinski definition) is 4. The van der Waals surface area contributed by atoms with Gasteiger partial charge in [0.15, 0.2) is 0 Å².